The summed E-state index contributed by atoms with van der Waals surface area (Å²) in [4.78, 5) is 1.97. The lowest BCUT2D eigenvalue weighted by Crippen LogP contribution is -2.21. The average Bonchev–Trinajstić information content (AvgIpc) is 2.29. The van der Waals surface area contributed by atoms with Gasteiger partial charge in [0.05, 0.1) is 5.69 Å². The highest BCUT2D eigenvalue weighted by molar-refractivity contribution is 5.46. The van der Waals surface area contributed by atoms with Gasteiger partial charge >= 0.3 is 0 Å². The number of nitrogens with one attached hydrogen (secondary N) is 1. The van der Waals surface area contributed by atoms with E-state index < -0.39 is 0 Å². The predicted molar refractivity (Wildman–Crippen MR) is 67.4 cm³/mol. The van der Waals surface area contributed by atoms with Gasteiger partial charge in [-0.15, -0.1) is 0 Å². The second-order valence-corrected chi connectivity index (χ2v) is 3.93. The van der Waals surface area contributed by atoms with Gasteiger partial charge in [-0.25, -0.2) is 4.39 Å². The second-order valence-electron chi connectivity index (χ2n) is 3.93. The van der Waals surface area contributed by atoms with Crippen LogP contribution >= 0.6 is 0 Å². The zero-order valence-electron chi connectivity index (χ0n) is 10.2. The first-order valence-electron chi connectivity index (χ1n) is 5.92. The molecule has 0 atom stereocenters. The van der Waals surface area contributed by atoms with Crippen molar-refractivity contribution in [2.24, 2.45) is 0 Å². The molecule has 1 N–H and O–H groups in total. The van der Waals surface area contributed by atoms with Crippen LogP contribution in [0.3, 0.4) is 0 Å². The molecule has 0 heterocycles. The Hall–Kier alpha value is -1.09. The van der Waals surface area contributed by atoms with Gasteiger partial charge in [-0.2, -0.15) is 0 Å². The predicted octanol–water partition coefficient (Wildman–Crippen LogP) is 2.65. The minimum atomic E-state index is -0.142. The van der Waals surface area contributed by atoms with Crippen molar-refractivity contribution in [3.05, 3.63) is 30.1 Å². The number of hydrogen-bond donors (Lipinski definition) is 1. The molecule has 0 unspecified atom stereocenters. The number of anilines is 1. The molecule has 0 saturated carbocycles. The Bertz CT molecular complexity index is 302. The third-order valence-corrected chi connectivity index (χ3v) is 2.61. The van der Waals surface area contributed by atoms with Gasteiger partial charge in [0, 0.05) is 13.6 Å². The molecule has 0 amide bonds. The van der Waals surface area contributed by atoms with Gasteiger partial charge in [-0.3, -0.25) is 0 Å². The summed E-state index contributed by atoms with van der Waals surface area (Å²) in [5.74, 6) is -0.142. The Morgan fingerprint density at radius 2 is 2.00 bits per heavy atom. The molecule has 16 heavy (non-hydrogen) atoms. The van der Waals surface area contributed by atoms with Crippen LogP contribution in [0.25, 0.3) is 0 Å². The molecule has 0 fully saturated rings. The molecule has 0 aliphatic carbocycles. The minimum absolute atomic E-state index is 0.142. The second kappa shape index (κ2) is 7.23. The van der Waals surface area contributed by atoms with Crippen molar-refractivity contribution >= 4 is 5.69 Å². The fourth-order valence-corrected chi connectivity index (χ4v) is 1.66. The molecule has 0 radical (unpaired) electrons. The summed E-state index contributed by atoms with van der Waals surface area (Å²) in [6, 6.07) is 6.91. The summed E-state index contributed by atoms with van der Waals surface area (Å²) in [5.41, 5.74) is 0.686. The van der Waals surface area contributed by atoms with E-state index in [0.717, 1.165) is 32.5 Å². The number of halogens is 1. The van der Waals surface area contributed by atoms with Gasteiger partial charge in [-0.05, 0) is 38.1 Å². The van der Waals surface area contributed by atoms with Crippen LogP contribution in [0.15, 0.2) is 24.3 Å². The molecule has 1 aromatic carbocycles. The molecule has 2 nitrogen and oxygen atoms in total. The summed E-state index contributed by atoms with van der Waals surface area (Å²) >= 11 is 0. The van der Waals surface area contributed by atoms with Crippen molar-refractivity contribution in [3.63, 3.8) is 0 Å². The van der Waals surface area contributed by atoms with E-state index in [0.29, 0.717) is 5.69 Å². The number of para-hydroxylation sites is 1. The summed E-state index contributed by atoms with van der Waals surface area (Å²) < 4.78 is 13.4. The molecular formula is C13H21FN2. The number of benzene rings is 1. The van der Waals surface area contributed by atoms with E-state index in [1.54, 1.807) is 6.07 Å². The molecular weight excluding hydrogens is 203 g/mol. The Morgan fingerprint density at radius 1 is 1.25 bits per heavy atom. The lowest BCUT2D eigenvalue weighted by molar-refractivity contribution is 0.610. The SMILES string of the molecule is CCNCCCCN(C)c1ccccc1F. The Morgan fingerprint density at radius 3 is 2.69 bits per heavy atom. The zero-order chi connectivity index (χ0) is 11.8. The van der Waals surface area contributed by atoms with Crippen LogP contribution < -0.4 is 10.2 Å². The first-order valence-corrected chi connectivity index (χ1v) is 5.92. The molecule has 90 valence electrons. The number of unbranched alkanes of at least 4 members (excludes halogenated alkanes) is 1. The molecule has 0 aliphatic heterocycles. The quantitative estimate of drug-likeness (QED) is 0.716. The van der Waals surface area contributed by atoms with Crippen molar-refractivity contribution in [1.82, 2.24) is 5.32 Å². The van der Waals surface area contributed by atoms with E-state index in [1.165, 1.54) is 6.07 Å². The molecule has 3 heteroatoms. The monoisotopic (exact) mass is 224 g/mol. The molecule has 0 aromatic heterocycles. The third-order valence-electron chi connectivity index (χ3n) is 2.61. The zero-order valence-corrected chi connectivity index (χ0v) is 10.2. The van der Waals surface area contributed by atoms with E-state index in [-0.39, 0.29) is 5.82 Å². The van der Waals surface area contributed by atoms with Crippen LogP contribution in [-0.2, 0) is 0 Å². The van der Waals surface area contributed by atoms with Crippen LogP contribution in [0.2, 0.25) is 0 Å². The van der Waals surface area contributed by atoms with Crippen LogP contribution in [-0.4, -0.2) is 26.7 Å². The van der Waals surface area contributed by atoms with Crippen molar-refractivity contribution in [3.8, 4) is 0 Å². The summed E-state index contributed by atoms with van der Waals surface area (Å²) in [7, 11) is 1.94. The van der Waals surface area contributed by atoms with E-state index in [2.05, 4.69) is 12.2 Å². The average molecular weight is 224 g/mol. The molecule has 0 bridgehead atoms. The van der Waals surface area contributed by atoms with Crippen LogP contribution in [0.4, 0.5) is 10.1 Å². The fraction of sp³-hybridized carbons (Fsp3) is 0.538. The topological polar surface area (TPSA) is 15.3 Å². The molecule has 1 rings (SSSR count). The maximum Gasteiger partial charge on any atom is 0.146 e. The smallest absolute Gasteiger partial charge is 0.146 e. The van der Waals surface area contributed by atoms with E-state index in [9.17, 15) is 4.39 Å². The standard InChI is InChI=1S/C13H21FN2/c1-3-15-10-6-7-11-16(2)13-9-5-4-8-12(13)14/h4-5,8-9,15H,3,6-7,10-11H2,1-2H3. The van der Waals surface area contributed by atoms with Crippen LogP contribution in [0, 0.1) is 5.82 Å². The van der Waals surface area contributed by atoms with Gasteiger partial charge in [0.15, 0.2) is 0 Å². The highest BCUT2D eigenvalue weighted by Gasteiger charge is 2.05. The largest absolute Gasteiger partial charge is 0.372 e. The van der Waals surface area contributed by atoms with E-state index in [1.807, 2.05) is 24.1 Å². The van der Waals surface area contributed by atoms with E-state index >= 15 is 0 Å². The molecule has 0 aliphatic rings. The number of nitrogens with zero attached hydrogens (tertiary/aromatic N) is 1. The fourth-order valence-electron chi connectivity index (χ4n) is 1.66. The van der Waals surface area contributed by atoms with Gasteiger partial charge < -0.3 is 10.2 Å². The minimum Gasteiger partial charge on any atom is -0.372 e. The maximum atomic E-state index is 13.4. The van der Waals surface area contributed by atoms with Crippen molar-refractivity contribution < 1.29 is 4.39 Å². The van der Waals surface area contributed by atoms with Crippen LogP contribution in [0.5, 0.6) is 0 Å². The summed E-state index contributed by atoms with van der Waals surface area (Å²) in [6.07, 6.45) is 2.21. The first kappa shape index (κ1) is 13.0. The summed E-state index contributed by atoms with van der Waals surface area (Å²) in [5, 5.41) is 3.28. The molecule has 0 spiro atoms. The lowest BCUT2D eigenvalue weighted by atomic mass is 10.2. The van der Waals surface area contributed by atoms with Crippen molar-refractivity contribution in [1.29, 1.82) is 0 Å². The first-order chi connectivity index (χ1) is 7.75. The molecule has 1 aromatic rings. The van der Waals surface area contributed by atoms with Gasteiger partial charge in [0.1, 0.15) is 5.82 Å². The van der Waals surface area contributed by atoms with Gasteiger partial charge in [-0.1, -0.05) is 19.1 Å². The highest BCUT2D eigenvalue weighted by Crippen LogP contribution is 2.17. The van der Waals surface area contributed by atoms with E-state index in [4.69, 9.17) is 0 Å². The number of hydrogen-bond acceptors (Lipinski definition) is 2. The van der Waals surface area contributed by atoms with Gasteiger partial charge in [0.2, 0.25) is 0 Å². The van der Waals surface area contributed by atoms with Gasteiger partial charge in [0.25, 0.3) is 0 Å². The lowest BCUT2D eigenvalue weighted by Gasteiger charge is -2.19. The third kappa shape index (κ3) is 4.19. The summed E-state index contributed by atoms with van der Waals surface area (Å²) in [6.45, 7) is 5.06. The van der Waals surface area contributed by atoms with Crippen LogP contribution in [0.1, 0.15) is 19.8 Å². The van der Waals surface area contributed by atoms with Crippen molar-refractivity contribution in [2.75, 3.05) is 31.6 Å². The van der Waals surface area contributed by atoms with Crippen molar-refractivity contribution in [2.45, 2.75) is 19.8 Å². The highest BCUT2D eigenvalue weighted by atomic mass is 19.1. The Balaban J connectivity index is 2.30. The Labute approximate surface area is 97.5 Å². The number of rotatable bonds is 7. The molecule has 0 saturated heterocycles. The Kier molecular flexibility index (Phi) is 5.86. The maximum absolute atomic E-state index is 13.4. The normalized spacial score (nSPS) is 10.4.